The lowest BCUT2D eigenvalue weighted by molar-refractivity contribution is -0.192. The summed E-state index contributed by atoms with van der Waals surface area (Å²) >= 11 is 0. The standard InChI is InChI=1S/C18H22N4O4.C2HF3O2/c1-22(2)17(23)13-5-3-11(4-6-13)12-7-9-14(10-8-12)26-16-15(18(24)25)19-21-20-16;3-2(4,5)1(6)7/h3-6,12,14H,7-10H2,1-2H3,(H,24,25)(H,19,20,21);(H,6,7)/t12-,14-;. The molecule has 0 bridgehead atoms. The number of amides is 1. The average Bonchev–Trinajstić information content (AvgIpc) is 3.22. The Kier molecular flexibility index (Phi) is 8.38. The molecule has 2 aromatic rings. The van der Waals surface area contributed by atoms with Crippen molar-refractivity contribution < 1.29 is 42.5 Å². The van der Waals surface area contributed by atoms with Crippen molar-refractivity contribution in [3.8, 4) is 5.88 Å². The maximum Gasteiger partial charge on any atom is 0.490 e. The molecule has 0 atom stereocenters. The molecule has 1 aromatic carbocycles. The van der Waals surface area contributed by atoms with Gasteiger partial charge in [-0.25, -0.2) is 14.7 Å². The molecule has 180 valence electrons. The number of nitrogens with one attached hydrogen (secondary N) is 1. The first-order chi connectivity index (χ1) is 15.4. The van der Waals surface area contributed by atoms with Crippen molar-refractivity contribution in [3.63, 3.8) is 0 Å². The molecule has 1 aromatic heterocycles. The summed E-state index contributed by atoms with van der Waals surface area (Å²) in [4.78, 5) is 33.5. The van der Waals surface area contributed by atoms with E-state index in [2.05, 4.69) is 15.4 Å². The highest BCUT2D eigenvalue weighted by molar-refractivity contribution is 5.93. The molecule has 3 rings (SSSR count). The highest BCUT2D eigenvalue weighted by atomic mass is 19.4. The second-order valence-corrected chi connectivity index (χ2v) is 7.51. The highest BCUT2D eigenvalue weighted by Gasteiger charge is 2.38. The zero-order valence-corrected chi connectivity index (χ0v) is 17.8. The number of carbonyl (C=O) groups excluding carboxylic acids is 1. The molecule has 33 heavy (non-hydrogen) atoms. The number of hydrogen-bond donors (Lipinski definition) is 3. The third-order valence-electron chi connectivity index (χ3n) is 4.96. The van der Waals surface area contributed by atoms with Gasteiger partial charge in [-0.05, 0) is 49.3 Å². The van der Waals surface area contributed by atoms with Crippen LogP contribution in [0.25, 0.3) is 0 Å². The van der Waals surface area contributed by atoms with E-state index in [1.807, 2.05) is 24.3 Å². The van der Waals surface area contributed by atoms with Gasteiger partial charge in [-0.2, -0.15) is 13.2 Å². The summed E-state index contributed by atoms with van der Waals surface area (Å²) in [6.45, 7) is 0. The van der Waals surface area contributed by atoms with Gasteiger partial charge in [0.05, 0.1) is 0 Å². The van der Waals surface area contributed by atoms with Gasteiger partial charge < -0.3 is 19.8 Å². The zero-order chi connectivity index (χ0) is 24.8. The number of carbonyl (C=O) groups is 3. The van der Waals surface area contributed by atoms with Crippen molar-refractivity contribution >= 4 is 17.8 Å². The minimum Gasteiger partial charge on any atom is -0.476 e. The number of aromatic nitrogens is 3. The number of halogens is 3. The number of aromatic amines is 1. The van der Waals surface area contributed by atoms with Crippen molar-refractivity contribution in [2.24, 2.45) is 0 Å². The first kappa shape index (κ1) is 25.6. The van der Waals surface area contributed by atoms with Crippen LogP contribution >= 0.6 is 0 Å². The molecule has 13 heteroatoms. The normalized spacial score (nSPS) is 18.0. The Morgan fingerprint density at radius 2 is 1.61 bits per heavy atom. The minimum absolute atomic E-state index is 0.00416. The fraction of sp³-hybridized carbons (Fsp3) is 0.450. The molecule has 0 unspecified atom stereocenters. The van der Waals surface area contributed by atoms with Crippen LogP contribution in [0.2, 0.25) is 0 Å². The lowest BCUT2D eigenvalue weighted by Crippen LogP contribution is -2.24. The molecule has 0 saturated heterocycles. The first-order valence-corrected chi connectivity index (χ1v) is 9.82. The van der Waals surface area contributed by atoms with E-state index in [-0.39, 0.29) is 23.6 Å². The van der Waals surface area contributed by atoms with Gasteiger partial charge >= 0.3 is 18.1 Å². The van der Waals surface area contributed by atoms with E-state index in [9.17, 15) is 22.8 Å². The number of benzene rings is 1. The van der Waals surface area contributed by atoms with Gasteiger partial charge in [-0.15, -0.1) is 0 Å². The maximum absolute atomic E-state index is 12.0. The number of nitrogens with zero attached hydrogens (tertiary/aromatic N) is 3. The number of rotatable bonds is 5. The summed E-state index contributed by atoms with van der Waals surface area (Å²) in [5.41, 5.74) is 1.78. The molecule has 1 fully saturated rings. The summed E-state index contributed by atoms with van der Waals surface area (Å²) in [6.07, 6.45) is -1.65. The highest BCUT2D eigenvalue weighted by Crippen LogP contribution is 2.34. The molecule has 10 nitrogen and oxygen atoms in total. The van der Waals surface area contributed by atoms with Crippen LogP contribution in [0.3, 0.4) is 0 Å². The van der Waals surface area contributed by atoms with Crippen LogP contribution in [0.4, 0.5) is 13.2 Å². The third kappa shape index (κ3) is 7.19. The lowest BCUT2D eigenvalue weighted by atomic mass is 9.82. The van der Waals surface area contributed by atoms with Crippen LogP contribution in [0.1, 0.15) is 58.0 Å². The number of alkyl halides is 3. The Bertz CT molecular complexity index is 967. The van der Waals surface area contributed by atoms with Crippen molar-refractivity contribution in [2.45, 2.75) is 43.9 Å². The molecule has 3 N–H and O–H groups in total. The van der Waals surface area contributed by atoms with Crippen molar-refractivity contribution in [1.29, 1.82) is 0 Å². The summed E-state index contributed by atoms with van der Waals surface area (Å²) < 4.78 is 37.4. The number of carboxylic acids is 2. The van der Waals surface area contributed by atoms with E-state index in [0.29, 0.717) is 11.5 Å². The number of ether oxygens (including phenoxy) is 1. The van der Waals surface area contributed by atoms with E-state index in [4.69, 9.17) is 19.7 Å². The number of carboxylic acid groups (broad SMARTS) is 2. The molecular weight excluding hydrogens is 449 g/mol. The van der Waals surface area contributed by atoms with Gasteiger partial charge in [0, 0.05) is 19.7 Å². The quantitative estimate of drug-likeness (QED) is 0.602. The molecule has 1 heterocycles. The largest absolute Gasteiger partial charge is 0.490 e. The van der Waals surface area contributed by atoms with Crippen molar-refractivity contribution in [1.82, 2.24) is 20.3 Å². The summed E-state index contributed by atoms with van der Waals surface area (Å²) in [7, 11) is 3.48. The minimum atomic E-state index is -5.08. The van der Waals surface area contributed by atoms with Gasteiger partial charge in [0.2, 0.25) is 5.69 Å². The van der Waals surface area contributed by atoms with Crippen LogP contribution < -0.4 is 4.74 Å². The number of H-pyrrole nitrogens is 1. The smallest absolute Gasteiger partial charge is 0.476 e. The fourth-order valence-corrected chi connectivity index (χ4v) is 3.27. The fourth-order valence-electron chi connectivity index (χ4n) is 3.27. The van der Waals surface area contributed by atoms with E-state index in [1.165, 1.54) is 5.56 Å². The molecule has 0 spiro atoms. The Morgan fingerprint density at radius 3 is 2.06 bits per heavy atom. The van der Waals surface area contributed by atoms with Gasteiger partial charge in [-0.3, -0.25) is 4.79 Å². The molecule has 1 amide bonds. The maximum atomic E-state index is 12.0. The summed E-state index contributed by atoms with van der Waals surface area (Å²) in [6, 6.07) is 7.77. The second-order valence-electron chi connectivity index (χ2n) is 7.51. The van der Waals surface area contributed by atoms with Gasteiger partial charge in [0.25, 0.3) is 11.8 Å². The van der Waals surface area contributed by atoms with Crippen molar-refractivity contribution in [2.75, 3.05) is 14.1 Å². The van der Waals surface area contributed by atoms with Gasteiger partial charge in [0.15, 0.2) is 0 Å². The van der Waals surface area contributed by atoms with E-state index in [0.717, 1.165) is 25.7 Å². The molecule has 1 aliphatic carbocycles. The Hall–Kier alpha value is -3.64. The molecule has 0 radical (unpaired) electrons. The average molecular weight is 472 g/mol. The van der Waals surface area contributed by atoms with Gasteiger partial charge in [-0.1, -0.05) is 22.4 Å². The molecule has 1 aliphatic rings. The second kappa shape index (κ2) is 10.8. The van der Waals surface area contributed by atoms with E-state index >= 15 is 0 Å². The number of aliphatic carboxylic acids is 1. The van der Waals surface area contributed by atoms with Crippen LogP contribution in [0, 0.1) is 0 Å². The number of hydrogen-bond acceptors (Lipinski definition) is 6. The van der Waals surface area contributed by atoms with Crippen LogP contribution in [-0.2, 0) is 4.79 Å². The summed E-state index contributed by atoms with van der Waals surface area (Å²) in [5.74, 6) is -3.43. The van der Waals surface area contributed by atoms with Crippen LogP contribution in [-0.4, -0.2) is 74.7 Å². The van der Waals surface area contributed by atoms with Crippen LogP contribution in [0.5, 0.6) is 5.88 Å². The van der Waals surface area contributed by atoms with Crippen LogP contribution in [0.15, 0.2) is 24.3 Å². The number of aromatic carboxylic acids is 1. The van der Waals surface area contributed by atoms with Crippen molar-refractivity contribution in [3.05, 3.63) is 41.1 Å². The first-order valence-electron chi connectivity index (χ1n) is 9.82. The zero-order valence-electron chi connectivity index (χ0n) is 17.8. The monoisotopic (exact) mass is 472 g/mol. The predicted molar refractivity (Wildman–Crippen MR) is 107 cm³/mol. The molecule has 1 saturated carbocycles. The topological polar surface area (TPSA) is 146 Å². The van der Waals surface area contributed by atoms with E-state index in [1.54, 1.807) is 19.0 Å². The summed E-state index contributed by atoms with van der Waals surface area (Å²) in [5, 5.41) is 25.7. The Labute approximate surface area is 186 Å². The van der Waals surface area contributed by atoms with Gasteiger partial charge in [0.1, 0.15) is 6.10 Å². The lowest BCUT2D eigenvalue weighted by Gasteiger charge is -2.28. The third-order valence-corrected chi connectivity index (χ3v) is 4.96. The molecule has 0 aliphatic heterocycles. The molecular formula is C20H23F3N4O6. The predicted octanol–water partition coefficient (Wildman–Crippen LogP) is 2.94. The SMILES string of the molecule is CN(C)C(=O)c1ccc([C@H]2CC[C@H](Oc3nn[nH]c3C(=O)O)CC2)cc1.O=C(O)C(F)(F)F. The Morgan fingerprint density at radius 1 is 1.06 bits per heavy atom. The Balaban J connectivity index is 0.000000479. The van der Waals surface area contributed by atoms with E-state index < -0.39 is 18.1 Å².